The van der Waals surface area contributed by atoms with Gasteiger partial charge in [-0.1, -0.05) is 0 Å². The second-order valence-electron chi connectivity index (χ2n) is 5.36. The molecule has 0 aromatic heterocycles. The van der Waals surface area contributed by atoms with E-state index in [2.05, 4.69) is 0 Å². The van der Waals surface area contributed by atoms with E-state index in [1.807, 2.05) is 23.6 Å². The number of piperidine rings is 1. The molecule has 0 aromatic carbocycles. The van der Waals surface area contributed by atoms with Gasteiger partial charge in [0, 0.05) is 19.6 Å². The van der Waals surface area contributed by atoms with Gasteiger partial charge >= 0.3 is 6.03 Å². The summed E-state index contributed by atoms with van der Waals surface area (Å²) in [7, 11) is 0. The van der Waals surface area contributed by atoms with E-state index in [1.54, 1.807) is 0 Å². The van der Waals surface area contributed by atoms with Gasteiger partial charge < -0.3 is 14.5 Å². The van der Waals surface area contributed by atoms with Gasteiger partial charge in [0.1, 0.15) is 0 Å². The molecule has 2 fully saturated rings. The van der Waals surface area contributed by atoms with Gasteiger partial charge in [0.25, 0.3) is 0 Å². The Morgan fingerprint density at radius 1 is 1.06 bits per heavy atom. The topological polar surface area (TPSA) is 32.8 Å². The molecular formula is C12H22N2O2. The maximum atomic E-state index is 12.2. The Bertz CT molecular complexity index is 260. The normalized spacial score (nSPS) is 25.6. The molecule has 0 N–H and O–H groups in total. The van der Waals surface area contributed by atoms with Crippen LogP contribution in [0.2, 0.25) is 0 Å². The van der Waals surface area contributed by atoms with Gasteiger partial charge in [0.2, 0.25) is 0 Å². The third-order valence-corrected chi connectivity index (χ3v) is 3.32. The summed E-state index contributed by atoms with van der Waals surface area (Å²) in [6.07, 6.45) is 3.57. The third-order valence-electron chi connectivity index (χ3n) is 3.32. The number of ether oxygens (including phenoxy) is 1. The minimum absolute atomic E-state index is 0.191. The molecule has 0 spiro atoms. The molecule has 2 saturated heterocycles. The van der Waals surface area contributed by atoms with Gasteiger partial charge in [0.15, 0.2) is 0 Å². The maximum absolute atomic E-state index is 12.2. The molecule has 0 aromatic rings. The minimum atomic E-state index is -0.191. The Balaban J connectivity index is 1.93. The van der Waals surface area contributed by atoms with Crippen molar-refractivity contribution in [3.8, 4) is 0 Å². The number of morpholine rings is 1. The summed E-state index contributed by atoms with van der Waals surface area (Å²) in [6, 6.07) is 0.205. The maximum Gasteiger partial charge on any atom is 0.320 e. The van der Waals surface area contributed by atoms with E-state index in [-0.39, 0.29) is 11.6 Å². The van der Waals surface area contributed by atoms with Crippen LogP contribution < -0.4 is 0 Å². The van der Waals surface area contributed by atoms with Crippen LogP contribution in [0.1, 0.15) is 33.1 Å². The summed E-state index contributed by atoms with van der Waals surface area (Å²) >= 11 is 0. The van der Waals surface area contributed by atoms with Crippen molar-refractivity contribution in [2.24, 2.45) is 0 Å². The molecule has 4 nitrogen and oxygen atoms in total. The highest BCUT2D eigenvalue weighted by molar-refractivity contribution is 5.74. The molecule has 2 heterocycles. The zero-order valence-electron chi connectivity index (χ0n) is 10.4. The molecule has 92 valence electrons. The molecule has 16 heavy (non-hydrogen) atoms. The van der Waals surface area contributed by atoms with Crippen LogP contribution in [0.15, 0.2) is 0 Å². The van der Waals surface area contributed by atoms with Crippen LogP contribution in [-0.4, -0.2) is 54.2 Å². The van der Waals surface area contributed by atoms with Gasteiger partial charge in [-0.25, -0.2) is 4.79 Å². The molecule has 0 bridgehead atoms. The quantitative estimate of drug-likeness (QED) is 0.630. The molecule has 2 aliphatic rings. The zero-order chi connectivity index (χ0) is 11.6. The van der Waals surface area contributed by atoms with E-state index in [4.69, 9.17) is 4.74 Å². The van der Waals surface area contributed by atoms with E-state index < -0.39 is 0 Å². The van der Waals surface area contributed by atoms with E-state index in [0.29, 0.717) is 13.2 Å². The summed E-state index contributed by atoms with van der Waals surface area (Å²) in [5, 5.41) is 0. The van der Waals surface area contributed by atoms with Gasteiger partial charge in [-0.05, 0) is 33.1 Å². The van der Waals surface area contributed by atoms with E-state index in [0.717, 1.165) is 32.5 Å². The SMILES string of the molecule is CC1(C)CN(C(=O)N2CCCCC2)CCO1. The van der Waals surface area contributed by atoms with Crippen molar-refractivity contribution in [3.63, 3.8) is 0 Å². The highest BCUT2D eigenvalue weighted by atomic mass is 16.5. The molecule has 2 amide bonds. The van der Waals surface area contributed by atoms with Crippen molar-refractivity contribution in [1.82, 2.24) is 9.80 Å². The molecule has 0 radical (unpaired) electrons. The number of carbonyl (C=O) groups is 1. The highest BCUT2D eigenvalue weighted by Crippen LogP contribution is 2.19. The number of likely N-dealkylation sites (tertiary alicyclic amines) is 1. The fourth-order valence-corrected chi connectivity index (χ4v) is 2.46. The highest BCUT2D eigenvalue weighted by Gasteiger charge is 2.32. The van der Waals surface area contributed by atoms with Gasteiger partial charge in [-0.2, -0.15) is 0 Å². The Morgan fingerprint density at radius 2 is 1.75 bits per heavy atom. The summed E-state index contributed by atoms with van der Waals surface area (Å²) < 4.78 is 5.62. The van der Waals surface area contributed by atoms with Crippen LogP contribution >= 0.6 is 0 Å². The van der Waals surface area contributed by atoms with Crippen LogP contribution in [0.3, 0.4) is 0 Å². The average Bonchev–Trinajstić information content (AvgIpc) is 2.28. The minimum Gasteiger partial charge on any atom is -0.372 e. The molecule has 2 aliphatic heterocycles. The number of rotatable bonds is 0. The molecule has 0 aliphatic carbocycles. The van der Waals surface area contributed by atoms with Crippen molar-refractivity contribution in [1.29, 1.82) is 0 Å². The Kier molecular flexibility index (Phi) is 3.38. The van der Waals surface area contributed by atoms with Crippen LogP contribution in [-0.2, 0) is 4.74 Å². The van der Waals surface area contributed by atoms with Crippen molar-refractivity contribution in [2.75, 3.05) is 32.8 Å². The van der Waals surface area contributed by atoms with E-state index in [1.165, 1.54) is 6.42 Å². The van der Waals surface area contributed by atoms with E-state index in [9.17, 15) is 4.79 Å². The van der Waals surface area contributed by atoms with Crippen LogP contribution in [0.4, 0.5) is 4.79 Å². The molecule has 0 atom stereocenters. The number of hydrogen-bond acceptors (Lipinski definition) is 2. The first-order chi connectivity index (χ1) is 7.58. The van der Waals surface area contributed by atoms with Gasteiger partial charge in [0.05, 0.1) is 18.8 Å². The summed E-state index contributed by atoms with van der Waals surface area (Å²) in [5.41, 5.74) is -0.191. The fourth-order valence-electron chi connectivity index (χ4n) is 2.46. The third kappa shape index (κ3) is 2.67. The predicted molar refractivity (Wildman–Crippen MR) is 62.4 cm³/mol. The number of hydrogen-bond donors (Lipinski definition) is 0. The van der Waals surface area contributed by atoms with Crippen molar-refractivity contribution >= 4 is 6.03 Å². The lowest BCUT2D eigenvalue weighted by Crippen LogP contribution is -2.55. The van der Waals surface area contributed by atoms with Gasteiger partial charge in [-0.15, -0.1) is 0 Å². The number of urea groups is 1. The lowest BCUT2D eigenvalue weighted by Gasteiger charge is -2.41. The summed E-state index contributed by atoms with van der Waals surface area (Å²) in [5.74, 6) is 0. The molecular weight excluding hydrogens is 204 g/mol. The Labute approximate surface area is 97.5 Å². The van der Waals surface area contributed by atoms with Crippen molar-refractivity contribution in [3.05, 3.63) is 0 Å². The molecule has 4 heteroatoms. The number of carbonyl (C=O) groups excluding carboxylic acids is 1. The summed E-state index contributed by atoms with van der Waals surface area (Å²) in [4.78, 5) is 16.2. The van der Waals surface area contributed by atoms with Crippen LogP contribution in [0.5, 0.6) is 0 Å². The second kappa shape index (κ2) is 4.62. The predicted octanol–water partition coefficient (Wildman–Crippen LogP) is 1.70. The fraction of sp³-hybridized carbons (Fsp3) is 0.917. The second-order valence-corrected chi connectivity index (χ2v) is 5.36. The van der Waals surface area contributed by atoms with Crippen LogP contribution in [0, 0.1) is 0 Å². The van der Waals surface area contributed by atoms with Gasteiger partial charge in [-0.3, -0.25) is 0 Å². The standard InChI is InChI=1S/C12H22N2O2/c1-12(2)10-14(8-9-16-12)11(15)13-6-4-3-5-7-13/h3-10H2,1-2H3. The monoisotopic (exact) mass is 226 g/mol. The Morgan fingerprint density at radius 3 is 2.38 bits per heavy atom. The lowest BCUT2D eigenvalue weighted by atomic mass is 10.1. The smallest absolute Gasteiger partial charge is 0.320 e. The Hall–Kier alpha value is -0.770. The number of nitrogens with zero attached hydrogens (tertiary/aromatic N) is 2. The van der Waals surface area contributed by atoms with Crippen molar-refractivity contribution in [2.45, 2.75) is 38.7 Å². The van der Waals surface area contributed by atoms with Crippen molar-refractivity contribution < 1.29 is 9.53 Å². The molecule has 2 rings (SSSR count). The first-order valence-electron chi connectivity index (χ1n) is 6.26. The lowest BCUT2D eigenvalue weighted by molar-refractivity contribution is -0.0767. The first-order valence-corrected chi connectivity index (χ1v) is 6.26. The molecule has 0 saturated carbocycles. The van der Waals surface area contributed by atoms with Crippen LogP contribution in [0.25, 0.3) is 0 Å². The average molecular weight is 226 g/mol. The number of amides is 2. The first kappa shape index (κ1) is 11.7. The summed E-state index contributed by atoms with van der Waals surface area (Å²) in [6.45, 7) is 8.05. The zero-order valence-corrected chi connectivity index (χ0v) is 10.4. The van der Waals surface area contributed by atoms with E-state index >= 15 is 0 Å². The molecule has 0 unspecified atom stereocenters. The largest absolute Gasteiger partial charge is 0.372 e.